The Labute approximate surface area is 177 Å². The number of aryl methyl sites for hydroxylation is 3. The van der Waals surface area contributed by atoms with Crippen LogP contribution in [0.3, 0.4) is 0 Å². The number of para-hydroxylation sites is 1. The third-order valence-corrected chi connectivity index (χ3v) is 4.86. The summed E-state index contributed by atoms with van der Waals surface area (Å²) in [6.07, 6.45) is 1.55. The summed E-state index contributed by atoms with van der Waals surface area (Å²) in [6, 6.07) is 23.0. The van der Waals surface area contributed by atoms with Gasteiger partial charge in [0.05, 0.1) is 0 Å². The maximum Gasteiger partial charge on any atom is 0.266 e. The molecule has 4 heteroatoms. The topological polar surface area (TPSA) is 62.1 Å². The third kappa shape index (κ3) is 5.36. The highest BCUT2D eigenvalue weighted by atomic mass is 16.5. The van der Waals surface area contributed by atoms with Gasteiger partial charge in [-0.05, 0) is 61.7 Å². The molecular formula is C26H24N2O2. The maximum atomic E-state index is 12.6. The highest BCUT2D eigenvalue weighted by molar-refractivity contribution is 6.09. The Morgan fingerprint density at radius 3 is 2.43 bits per heavy atom. The lowest BCUT2D eigenvalue weighted by molar-refractivity contribution is -0.112. The van der Waals surface area contributed by atoms with E-state index in [2.05, 4.69) is 31.3 Å². The van der Waals surface area contributed by atoms with Crippen molar-refractivity contribution < 1.29 is 9.53 Å². The molecule has 30 heavy (non-hydrogen) atoms. The fraction of sp³-hybridized carbons (Fsp3) is 0.154. The number of nitrogens with zero attached hydrogens (tertiary/aromatic N) is 1. The van der Waals surface area contributed by atoms with E-state index in [1.807, 2.05) is 67.6 Å². The van der Waals surface area contributed by atoms with Gasteiger partial charge in [-0.2, -0.15) is 5.26 Å². The van der Waals surface area contributed by atoms with Crippen molar-refractivity contribution in [3.63, 3.8) is 0 Å². The van der Waals surface area contributed by atoms with Crippen LogP contribution in [-0.4, -0.2) is 5.91 Å². The molecule has 3 aromatic rings. The summed E-state index contributed by atoms with van der Waals surface area (Å²) in [6.45, 7) is 6.52. The van der Waals surface area contributed by atoms with Crippen molar-refractivity contribution in [3.05, 3.63) is 100 Å². The molecule has 0 radical (unpaired) electrons. The Morgan fingerprint density at radius 2 is 1.73 bits per heavy atom. The van der Waals surface area contributed by atoms with Gasteiger partial charge in [0.15, 0.2) is 0 Å². The molecule has 0 saturated carbocycles. The summed E-state index contributed by atoms with van der Waals surface area (Å²) in [7, 11) is 0. The second-order valence-electron chi connectivity index (χ2n) is 7.24. The van der Waals surface area contributed by atoms with Crippen LogP contribution in [0.15, 0.2) is 72.3 Å². The number of ether oxygens (including phenoxy) is 1. The first kappa shape index (κ1) is 20.9. The molecule has 0 aromatic heterocycles. The van der Waals surface area contributed by atoms with E-state index in [-0.39, 0.29) is 5.57 Å². The van der Waals surface area contributed by atoms with Crippen LogP contribution >= 0.6 is 0 Å². The van der Waals surface area contributed by atoms with Crippen LogP contribution < -0.4 is 10.1 Å². The van der Waals surface area contributed by atoms with Crippen molar-refractivity contribution in [1.82, 2.24) is 0 Å². The van der Waals surface area contributed by atoms with Crippen LogP contribution in [0.1, 0.15) is 27.8 Å². The number of nitrogens with one attached hydrogen (secondary N) is 1. The second kappa shape index (κ2) is 9.58. The number of benzene rings is 3. The number of anilines is 1. The molecule has 1 amide bonds. The summed E-state index contributed by atoms with van der Waals surface area (Å²) in [5.74, 6) is 0.164. The second-order valence-corrected chi connectivity index (χ2v) is 7.24. The zero-order valence-electron chi connectivity index (χ0n) is 17.4. The molecule has 0 heterocycles. The Balaban J connectivity index is 1.77. The summed E-state index contributed by atoms with van der Waals surface area (Å²) in [4.78, 5) is 12.6. The van der Waals surface area contributed by atoms with Crippen molar-refractivity contribution in [2.45, 2.75) is 27.4 Å². The van der Waals surface area contributed by atoms with E-state index in [1.165, 1.54) is 11.1 Å². The molecule has 0 spiro atoms. The van der Waals surface area contributed by atoms with Crippen LogP contribution in [0.25, 0.3) is 6.08 Å². The minimum Gasteiger partial charge on any atom is -0.488 e. The van der Waals surface area contributed by atoms with Gasteiger partial charge in [0.1, 0.15) is 24.0 Å². The molecule has 0 atom stereocenters. The van der Waals surface area contributed by atoms with Gasteiger partial charge in [-0.3, -0.25) is 4.79 Å². The minimum atomic E-state index is -0.453. The zero-order chi connectivity index (χ0) is 21.5. The summed E-state index contributed by atoms with van der Waals surface area (Å²) >= 11 is 0. The molecule has 0 fully saturated rings. The van der Waals surface area contributed by atoms with Gasteiger partial charge < -0.3 is 10.1 Å². The molecule has 0 aliphatic heterocycles. The highest BCUT2D eigenvalue weighted by Crippen LogP contribution is 2.23. The average Bonchev–Trinajstić information content (AvgIpc) is 2.75. The van der Waals surface area contributed by atoms with E-state index in [1.54, 1.807) is 6.08 Å². The predicted octanol–water partition coefficient (Wildman–Crippen LogP) is 5.74. The van der Waals surface area contributed by atoms with E-state index in [0.717, 1.165) is 11.1 Å². The average molecular weight is 396 g/mol. The molecule has 0 bridgehead atoms. The molecule has 0 aliphatic rings. The van der Waals surface area contributed by atoms with E-state index in [9.17, 15) is 10.1 Å². The van der Waals surface area contributed by atoms with E-state index in [0.29, 0.717) is 23.6 Å². The summed E-state index contributed by atoms with van der Waals surface area (Å²) in [5.41, 5.74) is 5.94. The van der Waals surface area contributed by atoms with E-state index in [4.69, 9.17) is 4.74 Å². The van der Waals surface area contributed by atoms with Crippen molar-refractivity contribution in [2.75, 3.05) is 5.32 Å². The highest BCUT2D eigenvalue weighted by Gasteiger charge is 2.11. The number of hydrogen-bond donors (Lipinski definition) is 1. The number of nitriles is 1. The molecule has 3 aromatic carbocycles. The maximum absolute atomic E-state index is 12.6. The summed E-state index contributed by atoms with van der Waals surface area (Å²) in [5, 5.41) is 12.3. The fourth-order valence-electron chi connectivity index (χ4n) is 2.93. The molecule has 4 nitrogen and oxygen atoms in total. The van der Waals surface area contributed by atoms with Gasteiger partial charge >= 0.3 is 0 Å². The van der Waals surface area contributed by atoms with Gasteiger partial charge in [-0.15, -0.1) is 0 Å². The van der Waals surface area contributed by atoms with Gasteiger partial charge in [-0.25, -0.2) is 0 Å². The first-order valence-electron chi connectivity index (χ1n) is 9.74. The largest absolute Gasteiger partial charge is 0.488 e. The monoisotopic (exact) mass is 396 g/mol. The third-order valence-electron chi connectivity index (χ3n) is 4.86. The Hall–Kier alpha value is -3.84. The van der Waals surface area contributed by atoms with Crippen molar-refractivity contribution in [3.8, 4) is 11.8 Å². The normalized spacial score (nSPS) is 10.9. The van der Waals surface area contributed by atoms with Crippen LogP contribution in [0.4, 0.5) is 5.69 Å². The van der Waals surface area contributed by atoms with Crippen LogP contribution in [0, 0.1) is 32.1 Å². The van der Waals surface area contributed by atoms with E-state index >= 15 is 0 Å². The number of carbonyl (C=O) groups excluding carboxylic acids is 1. The SMILES string of the molecule is Cc1ccc(NC(=O)/C(C#N)=C/c2ccccc2OCc2ccc(C)c(C)c2)cc1. The first-order chi connectivity index (χ1) is 14.5. The lowest BCUT2D eigenvalue weighted by Crippen LogP contribution is -2.13. The van der Waals surface area contributed by atoms with Crippen molar-refractivity contribution >= 4 is 17.7 Å². The molecule has 0 aliphatic carbocycles. The minimum absolute atomic E-state index is 0.0119. The number of rotatable bonds is 6. The molecule has 0 saturated heterocycles. The zero-order valence-corrected chi connectivity index (χ0v) is 17.4. The van der Waals surface area contributed by atoms with Gasteiger partial charge in [0.2, 0.25) is 0 Å². The Morgan fingerprint density at radius 1 is 1.00 bits per heavy atom. The predicted molar refractivity (Wildman–Crippen MR) is 120 cm³/mol. The van der Waals surface area contributed by atoms with Gasteiger partial charge in [-0.1, -0.05) is 54.1 Å². The molecule has 0 unspecified atom stereocenters. The number of hydrogen-bond acceptors (Lipinski definition) is 3. The lowest BCUT2D eigenvalue weighted by Gasteiger charge is -2.11. The molecule has 150 valence electrons. The standard InChI is InChI=1S/C26H24N2O2/c1-18-8-12-24(13-9-18)28-26(29)23(16-27)15-22-6-4-5-7-25(22)30-17-21-11-10-19(2)20(3)14-21/h4-15H,17H2,1-3H3,(H,28,29)/b23-15+. The summed E-state index contributed by atoms with van der Waals surface area (Å²) < 4.78 is 5.99. The van der Waals surface area contributed by atoms with E-state index < -0.39 is 5.91 Å². The van der Waals surface area contributed by atoms with Crippen LogP contribution in [0.5, 0.6) is 5.75 Å². The first-order valence-corrected chi connectivity index (χ1v) is 9.74. The van der Waals surface area contributed by atoms with Gasteiger partial charge in [0, 0.05) is 11.3 Å². The molecular weight excluding hydrogens is 372 g/mol. The van der Waals surface area contributed by atoms with Crippen LogP contribution in [-0.2, 0) is 11.4 Å². The quantitative estimate of drug-likeness (QED) is 0.427. The van der Waals surface area contributed by atoms with Crippen LogP contribution in [0.2, 0.25) is 0 Å². The Kier molecular flexibility index (Phi) is 6.67. The smallest absolute Gasteiger partial charge is 0.266 e. The molecule has 3 rings (SSSR count). The van der Waals surface area contributed by atoms with Gasteiger partial charge in [0.25, 0.3) is 5.91 Å². The lowest BCUT2D eigenvalue weighted by atomic mass is 10.1. The van der Waals surface area contributed by atoms with Crippen molar-refractivity contribution in [2.24, 2.45) is 0 Å². The Bertz CT molecular complexity index is 1120. The number of amides is 1. The fourth-order valence-corrected chi connectivity index (χ4v) is 2.93. The van der Waals surface area contributed by atoms with Crippen molar-refractivity contribution in [1.29, 1.82) is 5.26 Å². The number of carbonyl (C=O) groups is 1. The molecule has 1 N–H and O–H groups in total.